The smallest absolute Gasteiger partial charge is 0.0713 e. The molecule has 3 aliphatic carbocycles. The van der Waals surface area contributed by atoms with E-state index in [0.29, 0.717) is 23.7 Å². The molecule has 8 aromatic rings. The van der Waals surface area contributed by atoms with Gasteiger partial charge in [-0.1, -0.05) is 147 Å². The molecule has 318 valence electrons. The van der Waals surface area contributed by atoms with Crippen LogP contribution in [-0.4, -0.2) is 11.1 Å². The van der Waals surface area contributed by atoms with Gasteiger partial charge in [-0.3, -0.25) is 0 Å². The summed E-state index contributed by atoms with van der Waals surface area (Å²) in [7, 11) is 0. The number of hydrogen-bond donors (Lipinski definition) is 0. The lowest BCUT2D eigenvalue weighted by Crippen LogP contribution is -2.45. The number of anilines is 4. The zero-order valence-corrected chi connectivity index (χ0v) is 38.0. The molecule has 0 aromatic heterocycles. The van der Waals surface area contributed by atoms with Crippen molar-refractivity contribution in [3.63, 3.8) is 0 Å². The van der Waals surface area contributed by atoms with Gasteiger partial charge in [-0.25, -0.2) is 0 Å². The van der Waals surface area contributed by atoms with E-state index in [0.717, 1.165) is 0 Å². The SMILES string of the molecule is CC1CCC2c3cc(-c4ccc5c(c4)-c4cc(-c6ccc7c(c6)C6CCC(C)C6(C)N7c6ccccc6)ccc4C5(c4ccccc4)c4ccccc4)ccc3N(c3ccccc3)C12C. The lowest BCUT2D eigenvalue weighted by atomic mass is 9.67. The van der Waals surface area contributed by atoms with Crippen molar-refractivity contribution >= 4 is 22.7 Å². The molecule has 2 aliphatic heterocycles. The second-order valence-corrected chi connectivity index (χ2v) is 20.4. The van der Waals surface area contributed by atoms with E-state index >= 15 is 0 Å². The van der Waals surface area contributed by atoms with Crippen molar-refractivity contribution in [1.82, 2.24) is 0 Å². The van der Waals surface area contributed by atoms with Crippen molar-refractivity contribution in [2.45, 2.75) is 81.7 Å². The van der Waals surface area contributed by atoms with Gasteiger partial charge in [0.1, 0.15) is 0 Å². The molecule has 8 aromatic carbocycles. The van der Waals surface area contributed by atoms with E-state index in [1.54, 1.807) is 0 Å². The van der Waals surface area contributed by atoms with Gasteiger partial charge in [0.05, 0.1) is 16.5 Å². The fourth-order valence-corrected chi connectivity index (χ4v) is 14.2. The van der Waals surface area contributed by atoms with Crippen molar-refractivity contribution in [3.05, 3.63) is 228 Å². The van der Waals surface area contributed by atoms with Crippen LogP contribution in [0.2, 0.25) is 0 Å². The molecule has 2 nitrogen and oxygen atoms in total. The maximum absolute atomic E-state index is 2.68. The van der Waals surface area contributed by atoms with Crippen LogP contribution in [0.15, 0.2) is 194 Å². The number of rotatable bonds is 6. The molecule has 13 rings (SSSR count). The predicted octanol–water partition coefficient (Wildman–Crippen LogP) is 16.2. The zero-order chi connectivity index (χ0) is 43.7. The summed E-state index contributed by atoms with van der Waals surface area (Å²) in [5.41, 5.74) is 21.1. The van der Waals surface area contributed by atoms with Gasteiger partial charge in [-0.05, 0) is 179 Å². The first-order valence-electron chi connectivity index (χ1n) is 24.2. The second kappa shape index (κ2) is 14.2. The Balaban J connectivity index is 0.984. The van der Waals surface area contributed by atoms with Gasteiger partial charge in [-0.2, -0.15) is 0 Å². The Morgan fingerprint density at radius 1 is 0.385 bits per heavy atom. The quantitative estimate of drug-likeness (QED) is 0.165. The maximum Gasteiger partial charge on any atom is 0.0713 e. The molecule has 2 fully saturated rings. The van der Waals surface area contributed by atoms with Crippen molar-refractivity contribution in [3.8, 4) is 33.4 Å². The number of fused-ring (bicyclic) bond motifs is 9. The molecule has 2 heteroatoms. The molecule has 0 spiro atoms. The Morgan fingerprint density at radius 2 is 0.738 bits per heavy atom. The molecule has 0 N–H and O–H groups in total. The first-order chi connectivity index (χ1) is 31.8. The van der Waals surface area contributed by atoms with E-state index in [1.165, 1.54) is 115 Å². The largest absolute Gasteiger partial charge is 0.334 e. The van der Waals surface area contributed by atoms with E-state index in [2.05, 4.69) is 232 Å². The first kappa shape index (κ1) is 38.8. The minimum atomic E-state index is -0.462. The Bertz CT molecular complexity index is 2920. The fraction of sp³-hybridized carbons (Fsp3) is 0.238. The van der Waals surface area contributed by atoms with E-state index in [9.17, 15) is 0 Å². The van der Waals surface area contributed by atoms with Crippen molar-refractivity contribution in [1.29, 1.82) is 0 Å². The maximum atomic E-state index is 2.68. The van der Waals surface area contributed by atoms with Crippen LogP contribution in [-0.2, 0) is 5.41 Å². The van der Waals surface area contributed by atoms with Gasteiger partial charge in [0.25, 0.3) is 0 Å². The molecule has 0 radical (unpaired) electrons. The van der Waals surface area contributed by atoms with Crippen LogP contribution in [0.25, 0.3) is 33.4 Å². The third-order valence-electron chi connectivity index (χ3n) is 17.7. The van der Waals surface area contributed by atoms with E-state index < -0.39 is 5.41 Å². The average Bonchev–Trinajstić information content (AvgIpc) is 4.08. The van der Waals surface area contributed by atoms with Crippen LogP contribution < -0.4 is 9.80 Å². The lowest BCUT2D eigenvalue weighted by molar-refractivity contribution is 0.355. The van der Waals surface area contributed by atoms with Gasteiger partial charge in [0.15, 0.2) is 0 Å². The molecule has 5 aliphatic rings. The molecule has 0 saturated heterocycles. The minimum Gasteiger partial charge on any atom is -0.334 e. The lowest BCUT2D eigenvalue weighted by Gasteiger charge is -2.41. The summed E-state index contributed by atoms with van der Waals surface area (Å²) in [5.74, 6) is 2.18. The van der Waals surface area contributed by atoms with E-state index in [4.69, 9.17) is 0 Å². The molecule has 2 saturated carbocycles. The summed E-state index contributed by atoms with van der Waals surface area (Å²) in [4.78, 5) is 5.35. The number of hydrogen-bond acceptors (Lipinski definition) is 2. The van der Waals surface area contributed by atoms with Crippen molar-refractivity contribution in [2.24, 2.45) is 11.8 Å². The van der Waals surface area contributed by atoms with E-state index in [-0.39, 0.29) is 11.1 Å². The molecular formula is C63H56N2. The van der Waals surface area contributed by atoms with Crippen molar-refractivity contribution in [2.75, 3.05) is 9.80 Å². The normalized spacial score (nSPS) is 25.2. The highest BCUT2D eigenvalue weighted by atomic mass is 15.3. The van der Waals surface area contributed by atoms with Crippen LogP contribution >= 0.6 is 0 Å². The van der Waals surface area contributed by atoms with Crippen LogP contribution in [0.4, 0.5) is 22.7 Å². The minimum absolute atomic E-state index is 0.0482. The zero-order valence-electron chi connectivity index (χ0n) is 38.0. The summed E-state index contributed by atoms with van der Waals surface area (Å²) in [6.45, 7) is 9.97. The van der Waals surface area contributed by atoms with Crippen LogP contribution in [0, 0.1) is 11.8 Å². The Kier molecular flexibility index (Phi) is 8.46. The first-order valence-corrected chi connectivity index (χ1v) is 24.2. The Hall–Kier alpha value is -6.64. The number of para-hydroxylation sites is 2. The molecular weight excluding hydrogens is 785 g/mol. The Morgan fingerprint density at radius 3 is 1.14 bits per heavy atom. The summed E-state index contributed by atoms with van der Waals surface area (Å²) in [6.07, 6.45) is 4.95. The molecule has 6 unspecified atom stereocenters. The molecule has 65 heavy (non-hydrogen) atoms. The highest BCUT2D eigenvalue weighted by Crippen LogP contribution is 2.64. The summed E-state index contributed by atoms with van der Waals surface area (Å²) in [5, 5.41) is 0. The number of benzene rings is 8. The standard InChI is InChI=1S/C63H56N2/c1-41-25-31-55-53-39-45(29-35-59(53)64(61(41,55)3)49-21-13-7-14-22-49)43-27-33-57-51(37-43)52-38-44(28-34-58(52)63(57,47-17-9-5-10-18-47)48-19-11-6-12-20-48)46-30-36-60-54(40-46)56-32-26-42(2)62(56,4)65(60)50-23-15-8-16-24-50/h5-24,27-30,33-42,55-56H,25-26,31-32H2,1-4H3. The third kappa shape index (κ3) is 5.23. The average molecular weight is 841 g/mol. The summed E-state index contributed by atoms with van der Waals surface area (Å²) in [6, 6.07) is 74.2. The number of nitrogens with zero attached hydrogens (tertiary/aromatic N) is 2. The molecule has 0 bridgehead atoms. The monoisotopic (exact) mass is 840 g/mol. The molecule has 0 amide bonds. The third-order valence-corrected chi connectivity index (χ3v) is 17.7. The predicted molar refractivity (Wildman–Crippen MR) is 271 cm³/mol. The van der Waals surface area contributed by atoms with E-state index in [1.807, 2.05) is 0 Å². The fourth-order valence-electron chi connectivity index (χ4n) is 14.2. The van der Waals surface area contributed by atoms with Crippen LogP contribution in [0.5, 0.6) is 0 Å². The van der Waals surface area contributed by atoms with Gasteiger partial charge < -0.3 is 9.80 Å². The van der Waals surface area contributed by atoms with Crippen LogP contribution in [0.3, 0.4) is 0 Å². The summed E-state index contributed by atoms with van der Waals surface area (Å²) < 4.78 is 0. The van der Waals surface area contributed by atoms with Gasteiger partial charge >= 0.3 is 0 Å². The van der Waals surface area contributed by atoms with Gasteiger partial charge in [0.2, 0.25) is 0 Å². The van der Waals surface area contributed by atoms with Crippen LogP contribution in [0.1, 0.15) is 98.6 Å². The Labute approximate surface area is 385 Å². The highest BCUT2D eigenvalue weighted by Gasteiger charge is 2.57. The second-order valence-electron chi connectivity index (χ2n) is 20.4. The van der Waals surface area contributed by atoms with Crippen molar-refractivity contribution < 1.29 is 0 Å². The highest BCUT2D eigenvalue weighted by molar-refractivity contribution is 5.92. The van der Waals surface area contributed by atoms with Gasteiger partial charge in [0, 0.05) is 34.6 Å². The molecule has 6 atom stereocenters. The molecule has 2 heterocycles. The van der Waals surface area contributed by atoms with Gasteiger partial charge in [-0.15, -0.1) is 0 Å². The topological polar surface area (TPSA) is 6.48 Å². The summed E-state index contributed by atoms with van der Waals surface area (Å²) >= 11 is 0.